The topological polar surface area (TPSA) is 46.3 Å². The summed E-state index contributed by atoms with van der Waals surface area (Å²) >= 11 is 1.73. The minimum atomic E-state index is -0.432. The number of nitrogens with zero attached hydrogens (tertiary/aromatic N) is 1. The molecule has 0 aromatic heterocycles. The van der Waals surface area contributed by atoms with Gasteiger partial charge in [0.25, 0.3) is 5.91 Å². The van der Waals surface area contributed by atoms with E-state index in [2.05, 4.69) is 28.5 Å². The van der Waals surface area contributed by atoms with E-state index in [1.165, 1.54) is 5.56 Å². The lowest BCUT2D eigenvalue weighted by Crippen LogP contribution is -2.24. The van der Waals surface area contributed by atoms with Crippen LogP contribution in [0.15, 0.2) is 59.6 Å². The van der Waals surface area contributed by atoms with E-state index in [4.69, 9.17) is 5.73 Å². The molecule has 1 radical (unpaired) electrons. The molecule has 0 bridgehead atoms. The molecule has 0 spiro atoms. The first-order valence-corrected chi connectivity index (χ1v) is 7.59. The van der Waals surface area contributed by atoms with Crippen molar-refractivity contribution >= 4 is 23.4 Å². The Morgan fingerprint density at radius 1 is 1.29 bits per heavy atom. The quantitative estimate of drug-likeness (QED) is 0.939. The molecule has 1 unspecified atom stereocenters. The molecule has 0 fully saturated rings. The lowest BCUT2D eigenvalue weighted by atomic mass is 10.1. The zero-order chi connectivity index (χ0) is 14.8. The number of amides is 1. The predicted octanol–water partition coefficient (Wildman–Crippen LogP) is 3.70. The van der Waals surface area contributed by atoms with Crippen molar-refractivity contribution in [3.63, 3.8) is 0 Å². The van der Waals surface area contributed by atoms with Crippen LogP contribution in [0.2, 0.25) is 0 Å². The summed E-state index contributed by atoms with van der Waals surface area (Å²) in [4.78, 5) is 13.8. The molecule has 3 rings (SSSR count). The van der Waals surface area contributed by atoms with Gasteiger partial charge in [0, 0.05) is 5.70 Å². The number of allylic oxidation sites excluding steroid dienone is 1. The van der Waals surface area contributed by atoms with Crippen LogP contribution in [0, 0.1) is 6.07 Å². The molecule has 0 saturated heterocycles. The first kappa shape index (κ1) is 13.8. The number of rotatable bonds is 3. The second kappa shape index (κ2) is 5.66. The second-order valence-electron chi connectivity index (χ2n) is 4.84. The third-order valence-corrected chi connectivity index (χ3v) is 4.65. The van der Waals surface area contributed by atoms with Gasteiger partial charge in [-0.3, -0.25) is 4.79 Å². The van der Waals surface area contributed by atoms with Crippen molar-refractivity contribution in [3.8, 4) is 0 Å². The molecule has 2 aromatic carbocycles. The maximum Gasteiger partial charge on any atom is 0.250 e. The van der Waals surface area contributed by atoms with E-state index in [-0.39, 0.29) is 5.37 Å². The molecule has 1 aliphatic rings. The number of benzene rings is 2. The highest BCUT2D eigenvalue weighted by molar-refractivity contribution is 8.02. The Morgan fingerprint density at radius 2 is 2.05 bits per heavy atom. The summed E-state index contributed by atoms with van der Waals surface area (Å²) in [5.74, 6) is -0.432. The number of hydrogen-bond donors (Lipinski definition) is 1. The predicted molar refractivity (Wildman–Crippen MR) is 86.8 cm³/mol. The van der Waals surface area contributed by atoms with Gasteiger partial charge in [0.05, 0.1) is 11.3 Å². The van der Waals surface area contributed by atoms with Gasteiger partial charge in [-0.15, -0.1) is 11.8 Å². The molecule has 1 heterocycles. The first-order valence-electron chi connectivity index (χ1n) is 6.65. The number of carbonyl (C=O) groups excluding carboxylic acids is 1. The highest BCUT2D eigenvalue weighted by atomic mass is 32.2. The molecule has 1 atom stereocenters. The second-order valence-corrected chi connectivity index (χ2v) is 5.79. The van der Waals surface area contributed by atoms with Crippen molar-refractivity contribution in [1.82, 2.24) is 0 Å². The fourth-order valence-corrected chi connectivity index (χ4v) is 3.61. The Morgan fingerprint density at radius 3 is 2.76 bits per heavy atom. The van der Waals surface area contributed by atoms with E-state index in [9.17, 15) is 4.79 Å². The van der Waals surface area contributed by atoms with Gasteiger partial charge in [0.2, 0.25) is 0 Å². The summed E-state index contributed by atoms with van der Waals surface area (Å²) < 4.78 is 0. The fourth-order valence-electron chi connectivity index (χ4n) is 2.46. The number of primary amides is 1. The molecule has 1 aliphatic heterocycles. The molecular formula is C17H15N2OS. The van der Waals surface area contributed by atoms with Gasteiger partial charge in [-0.25, -0.2) is 0 Å². The van der Waals surface area contributed by atoms with Crippen LogP contribution in [0.1, 0.15) is 28.2 Å². The lowest BCUT2D eigenvalue weighted by molar-refractivity contribution is 0.100. The van der Waals surface area contributed by atoms with Crippen molar-refractivity contribution in [2.75, 3.05) is 4.90 Å². The minimum absolute atomic E-state index is 0.117. The van der Waals surface area contributed by atoms with Gasteiger partial charge < -0.3 is 10.6 Å². The standard InChI is InChI=1S/C17H15N2OS/c1-12-11-21-17(13-7-3-2-4-8-13)19(12)15-10-6-5-9-14(15)16(18)20/h2-4,6-11,17H,1H3,(H2,18,20). The van der Waals surface area contributed by atoms with Crippen LogP contribution in [0.5, 0.6) is 0 Å². The van der Waals surface area contributed by atoms with Gasteiger partial charge in [-0.2, -0.15) is 0 Å². The van der Waals surface area contributed by atoms with E-state index in [1.54, 1.807) is 23.9 Å². The van der Waals surface area contributed by atoms with Gasteiger partial charge in [0.1, 0.15) is 5.37 Å². The fraction of sp³-hybridized carbons (Fsp3) is 0.118. The monoisotopic (exact) mass is 295 g/mol. The van der Waals surface area contributed by atoms with E-state index in [0.717, 1.165) is 11.4 Å². The normalized spacial score (nSPS) is 17.7. The largest absolute Gasteiger partial charge is 0.366 e. The Hall–Kier alpha value is -2.20. The van der Waals surface area contributed by atoms with Crippen LogP contribution in [0.4, 0.5) is 5.69 Å². The van der Waals surface area contributed by atoms with Gasteiger partial charge in [-0.05, 0) is 36.1 Å². The zero-order valence-electron chi connectivity index (χ0n) is 11.6. The van der Waals surface area contributed by atoms with Gasteiger partial charge >= 0.3 is 0 Å². The van der Waals surface area contributed by atoms with Crippen molar-refractivity contribution in [2.45, 2.75) is 12.3 Å². The summed E-state index contributed by atoms with van der Waals surface area (Å²) in [6.07, 6.45) is 0. The Balaban J connectivity index is 2.07. The lowest BCUT2D eigenvalue weighted by Gasteiger charge is -2.29. The number of hydrogen-bond acceptors (Lipinski definition) is 3. The molecule has 4 heteroatoms. The molecular weight excluding hydrogens is 280 g/mol. The van der Waals surface area contributed by atoms with Crippen LogP contribution in [0.3, 0.4) is 0 Å². The summed E-state index contributed by atoms with van der Waals surface area (Å²) in [5, 5.41) is 2.23. The smallest absolute Gasteiger partial charge is 0.250 e. The first-order chi connectivity index (χ1) is 10.2. The average molecular weight is 295 g/mol. The average Bonchev–Trinajstić information content (AvgIpc) is 2.89. The molecule has 0 saturated carbocycles. The van der Waals surface area contributed by atoms with Crippen molar-refractivity contribution < 1.29 is 4.79 Å². The van der Waals surface area contributed by atoms with Gasteiger partial charge in [-0.1, -0.05) is 36.4 Å². The summed E-state index contributed by atoms with van der Waals surface area (Å²) in [6.45, 7) is 2.04. The molecule has 2 N–H and O–H groups in total. The molecule has 0 aliphatic carbocycles. The summed E-state index contributed by atoms with van der Waals surface area (Å²) in [6, 6.07) is 18.5. The van der Waals surface area contributed by atoms with Crippen LogP contribution in [-0.2, 0) is 0 Å². The highest BCUT2D eigenvalue weighted by Crippen LogP contribution is 2.45. The molecule has 2 aromatic rings. The maximum atomic E-state index is 11.7. The maximum absolute atomic E-state index is 11.7. The minimum Gasteiger partial charge on any atom is -0.366 e. The van der Waals surface area contributed by atoms with Crippen molar-refractivity contribution in [2.24, 2.45) is 5.73 Å². The Kier molecular flexibility index (Phi) is 3.71. The van der Waals surface area contributed by atoms with E-state index < -0.39 is 5.91 Å². The summed E-state index contributed by atoms with van der Waals surface area (Å²) in [5.41, 5.74) is 9.11. The van der Waals surface area contributed by atoms with Crippen molar-refractivity contribution in [1.29, 1.82) is 0 Å². The van der Waals surface area contributed by atoms with E-state index >= 15 is 0 Å². The van der Waals surface area contributed by atoms with E-state index in [1.807, 2.05) is 31.2 Å². The third kappa shape index (κ3) is 2.54. The highest BCUT2D eigenvalue weighted by Gasteiger charge is 2.29. The SMILES string of the molecule is CC1=CSC(c2ccccc2)N1c1cc[c]cc1C(N)=O. The number of anilines is 1. The third-order valence-electron chi connectivity index (χ3n) is 3.43. The molecule has 3 nitrogen and oxygen atoms in total. The zero-order valence-corrected chi connectivity index (χ0v) is 12.4. The Bertz CT molecular complexity index is 697. The number of thioether (sulfide) groups is 1. The van der Waals surface area contributed by atoms with Crippen molar-refractivity contribution in [3.05, 3.63) is 76.8 Å². The Labute approximate surface area is 128 Å². The van der Waals surface area contributed by atoms with Crippen LogP contribution in [0.25, 0.3) is 0 Å². The molecule has 21 heavy (non-hydrogen) atoms. The van der Waals surface area contributed by atoms with Crippen LogP contribution in [-0.4, -0.2) is 5.91 Å². The van der Waals surface area contributed by atoms with E-state index in [0.29, 0.717) is 5.56 Å². The molecule has 1 amide bonds. The molecule has 105 valence electrons. The van der Waals surface area contributed by atoms with Gasteiger partial charge in [0.15, 0.2) is 0 Å². The summed E-state index contributed by atoms with van der Waals surface area (Å²) in [7, 11) is 0. The number of nitrogens with two attached hydrogens (primary N) is 1. The number of carbonyl (C=O) groups is 1. The van der Waals surface area contributed by atoms with Crippen LogP contribution >= 0.6 is 11.8 Å². The van der Waals surface area contributed by atoms with Crippen LogP contribution < -0.4 is 10.6 Å².